The van der Waals surface area contributed by atoms with Gasteiger partial charge in [-0.25, -0.2) is 4.39 Å². The summed E-state index contributed by atoms with van der Waals surface area (Å²) in [6.07, 6.45) is 1.85. The highest BCUT2D eigenvalue weighted by Crippen LogP contribution is 2.28. The van der Waals surface area contributed by atoms with Gasteiger partial charge in [0.15, 0.2) is 0 Å². The maximum atomic E-state index is 13.0. The summed E-state index contributed by atoms with van der Waals surface area (Å²) in [7, 11) is 0. The van der Waals surface area contributed by atoms with E-state index in [2.05, 4.69) is 29.6 Å². The van der Waals surface area contributed by atoms with Crippen molar-refractivity contribution in [3.63, 3.8) is 0 Å². The fourth-order valence-corrected chi connectivity index (χ4v) is 3.83. The average molecular weight is 319 g/mol. The molecule has 0 bridgehead atoms. The van der Waals surface area contributed by atoms with Crippen molar-refractivity contribution in [3.8, 4) is 0 Å². The van der Waals surface area contributed by atoms with E-state index in [4.69, 9.17) is 11.6 Å². The van der Waals surface area contributed by atoms with Gasteiger partial charge in [-0.05, 0) is 58.9 Å². The molecule has 1 unspecified atom stereocenters. The third kappa shape index (κ3) is 3.45. The van der Waals surface area contributed by atoms with Gasteiger partial charge in [-0.15, -0.1) is 22.9 Å². The van der Waals surface area contributed by atoms with Gasteiger partial charge in [-0.3, -0.25) is 0 Å². The highest BCUT2D eigenvalue weighted by molar-refractivity contribution is 7.17. The first-order valence-electron chi connectivity index (χ1n) is 7.02. The van der Waals surface area contributed by atoms with E-state index in [0.29, 0.717) is 11.8 Å². The number of fused-ring (bicyclic) bond motifs is 1. The largest absolute Gasteiger partial charge is 0.207 e. The first-order valence-corrected chi connectivity index (χ1v) is 8.43. The van der Waals surface area contributed by atoms with E-state index in [9.17, 15) is 4.39 Å². The molecule has 0 N–H and O–H groups in total. The zero-order valence-electron chi connectivity index (χ0n) is 11.6. The zero-order valence-corrected chi connectivity index (χ0v) is 13.1. The van der Waals surface area contributed by atoms with E-state index in [1.807, 2.05) is 12.1 Å². The third-order valence-electron chi connectivity index (χ3n) is 3.73. The lowest BCUT2D eigenvalue weighted by atomic mass is 9.94. The number of halogens is 2. The summed E-state index contributed by atoms with van der Waals surface area (Å²) in [4.78, 5) is 0. The maximum absolute atomic E-state index is 13.0. The van der Waals surface area contributed by atoms with Crippen LogP contribution in [0.2, 0.25) is 0 Å². The van der Waals surface area contributed by atoms with Crippen LogP contribution >= 0.6 is 22.9 Å². The van der Waals surface area contributed by atoms with Crippen molar-refractivity contribution in [1.82, 2.24) is 0 Å². The SMILES string of the molecule is Fc1ccc(CC(CCl)Cc2csc3ccccc23)cc1. The van der Waals surface area contributed by atoms with Gasteiger partial charge >= 0.3 is 0 Å². The fraction of sp³-hybridized carbons (Fsp3) is 0.222. The molecule has 108 valence electrons. The van der Waals surface area contributed by atoms with Gasteiger partial charge in [-0.2, -0.15) is 0 Å². The second kappa shape index (κ2) is 6.59. The molecule has 3 rings (SSSR count). The van der Waals surface area contributed by atoms with E-state index in [1.165, 1.54) is 27.8 Å². The Morgan fingerprint density at radius 1 is 1.00 bits per heavy atom. The number of hydrogen-bond acceptors (Lipinski definition) is 1. The Morgan fingerprint density at radius 3 is 2.52 bits per heavy atom. The van der Waals surface area contributed by atoms with Gasteiger partial charge in [0, 0.05) is 10.6 Å². The van der Waals surface area contributed by atoms with Crippen LogP contribution in [0.25, 0.3) is 10.1 Å². The fourth-order valence-electron chi connectivity index (χ4n) is 2.64. The molecule has 0 aliphatic rings. The normalized spacial score (nSPS) is 12.7. The number of alkyl halides is 1. The van der Waals surface area contributed by atoms with Crippen LogP contribution in [-0.4, -0.2) is 5.88 Å². The molecular formula is C18H16ClFS. The molecule has 3 heteroatoms. The first-order chi connectivity index (χ1) is 10.3. The summed E-state index contributed by atoms with van der Waals surface area (Å²) in [5, 5.41) is 3.56. The maximum Gasteiger partial charge on any atom is 0.123 e. The van der Waals surface area contributed by atoms with E-state index in [-0.39, 0.29) is 5.82 Å². The molecule has 0 saturated heterocycles. The Balaban J connectivity index is 1.76. The number of rotatable bonds is 5. The minimum atomic E-state index is -0.190. The highest BCUT2D eigenvalue weighted by atomic mass is 35.5. The Bertz CT molecular complexity index is 717. The lowest BCUT2D eigenvalue weighted by Gasteiger charge is -2.13. The van der Waals surface area contributed by atoms with Crippen LogP contribution in [-0.2, 0) is 12.8 Å². The van der Waals surface area contributed by atoms with Crippen molar-refractivity contribution in [2.24, 2.45) is 5.92 Å². The second-order valence-electron chi connectivity index (χ2n) is 5.31. The van der Waals surface area contributed by atoms with Crippen molar-refractivity contribution >= 4 is 33.0 Å². The molecule has 0 saturated carbocycles. The minimum Gasteiger partial charge on any atom is -0.207 e. The minimum absolute atomic E-state index is 0.190. The first kappa shape index (κ1) is 14.6. The second-order valence-corrected chi connectivity index (χ2v) is 6.53. The smallest absolute Gasteiger partial charge is 0.123 e. The lowest BCUT2D eigenvalue weighted by molar-refractivity contribution is 0.583. The summed E-state index contributed by atoms with van der Waals surface area (Å²) in [5.74, 6) is 0.793. The molecule has 0 nitrogen and oxygen atoms in total. The van der Waals surface area contributed by atoms with Gasteiger partial charge < -0.3 is 0 Å². The van der Waals surface area contributed by atoms with Gasteiger partial charge in [0.2, 0.25) is 0 Å². The molecule has 0 radical (unpaired) electrons. The van der Waals surface area contributed by atoms with E-state index in [1.54, 1.807) is 11.3 Å². The predicted molar refractivity (Wildman–Crippen MR) is 89.8 cm³/mol. The predicted octanol–water partition coefficient (Wildman–Crippen LogP) is 5.68. The van der Waals surface area contributed by atoms with Crippen molar-refractivity contribution in [2.75, 3.05) is 5.88 Å². The van der Waals surface area contributed by atoms with Crippen LogP contribution < -0.4 is 0 Å². The molecule has 2 aromatic carbocycles. The average Bonchev–Trinajstić information content (AvgIpc) is 2.92. The molecule has 0 amide bonds. The summed E-state index contributed by atoms with van der Waals surface area (Å²) < 4.78 is 14.3. The lowest BCUT2D eigenvalue weighted by Crippen LogP contribution is -2.10. The quantitative estimate of drug-likeness (QED) is 0.531. The Hall–Kier alpha value is -1.38. The van der Waals surface area contributed by atoms with Crippen molar-refractivity contribution in [2.45, 2.75) is 12.8 Å². The number of thiophene rings is 1. The standard InChI is InChI=1S/C18H16ClFS/c19-11-14(9-13-5-7-16(20)8-6-13)10-15-12-21-18-4-2-1-3-17(15)18/h1-8,12,14H,9-11H2. The molecule has 0 fully saturated rings. The number of benzene rings is 2. The van der Waals surface area contributed by atoms with E-state index in [0.717, 1.165) is 18.4 Å². The van der Waals surface area contributed by atoms with Gasteiger partial charge in [0.1, 0.15) is 5.82 Å². The third-order valence-corrected chi connectivity index (χ3v) is 5.17. The summed E-state index contributed by atoms with van der Waals surface area (Å²) in [5.41, 5.74) is 2.50. The molecule has 0 aliphatic heterocycles. The Kier molecular flexibility index (Phi) is 4.57. The zero-order chi connectivity index (χ0) is 14.7. The van der Waals surface area contributed by atoms with Crippen molar-refractivity contribution in [3.05, 3.63) is 70.9 Å². The van der Waals surface area contributed by atoms with Crippen molar-refractivity contribution < 1.29 is 4.39 Å². The van der Waals surface area contributed by atoms with Crippen LogP contribution in [0.3, 0.4) is 0 Å². The Morgan fingerprint density at radius 2 is 1.76 bits per heavy atom. The van der Waals surface area contributed by atoms with E-state index < -0.39 is 0 Å². The molecule has 21 heavy (non-hydrogen) atoms. The van der Waals surface area contributed by atoms with Crippen LogP contribution in [0.4, 0.5) is 4.39 Å². The molecule has 1 atom stereocenters. The van der Waals surface area contributed by atoms with E-state index >= 15 is 0 Å². The summed E-state index contributed by atoms with van der Waals surface area (Å²) >= 11 is 7.93. The molecule has 0 aliphatic carbocycles. The van der Waals surface area contributed by atoms with Gasteiger partial charge in [-0.1, -0.05) is 30.3 Å². The van der Waals surface area contributed by atoms with Crippen LogP contribution in [0.15, 0.2) is 53.9 Å². The molecular weight excluding hydrogens is 303 g/mol. The van der Waals surface area contributed by atoms with Gasteiger partial charge in [0.25, 0.3) is 0 Å². The van der Waals surface area contributed by atoms with Crippen LogP contribution in [0.5, 0.6) is 0 Å². The summed E-state index contributed by atoms with van der Waals surface area (Å²) in [6.45, 7) is 0. The molecule has 1 aromatic heterocycles. The van der Waals surface area contributed by atoms with Gasteiger partial charge in [0.05, 0.1) is 0 Å². The molecule has 3 aromatic rings. The van der Waals surface area contributed by atoms with Crippen LogP contribution in [0.1, 0.15) is 11.1 Å². The highest BCUT2D eigenvalue weighted by Gasteiger charge is 2.13. The topological polar surface area (TPSA) is 0 Å². The number of hydrogen-bond donors (Lipinski definition) is 0. The van der Waals surface area contributed by atoms with Crippen LogP contribution in [0, 0.1) is 11.7 Å². The monoisotopic (exact) mass is 318 g/mol. The summed E-state index contributed by atoms with van der Waals surface area (Å²) in [6, 6.07) is 15.2. The Labute approximate surface area is 133 Å². The van der Waals surface area contributed by atoms with Crippen molar-refractivity contribution in [1.29, 1.82) is 0 Å². The molecule has 0 spiro atoms. The molecule has 1 heterocycles.